The highest BCUT2D eigenvalue weighted by atomic mass is 35.5. The molecular weight excluding hydrogens is 316 g/mol. The Hall–Kier alpha value is -2.66. The van der Waals surface area contributed by atoms with Crippen molar-refractivity contribution in [2.75, 3.05) is 0 Å². The largest absolute Gasteiger partial charge is 0.481 e. The molecule has 0 fully saturated rings. The minimum absolute atomic E-state index is 0.0649. The molecule has 6 heteroatoms. The van der Waals surface area contributed by atoms with E-state index in [1.54, 1.807) is 24.3 Å². The Kier molecular flexibility index (Phi) is 5.88. The lowest BCUT2D eigenvalue weighted by atomic mass is 10.1. The Bertz CT molecular complexity index is 712. The van der Waals surface area contributed by atoms with Crippen LogP contribution in [0.5, 0.6) is 0 Å². The van der Waals surface area contributed by atoms with Gasteiger partial charge < -0.3 is 5.11 Å². The minimum atomic E-state index is -0.919. The number of amides is 1. The number of carboxylic acids is 1. The molecule has 0 saturated carbocycles. The predicted molar refractivity (Wildman–Crippen MR) is 88.8 cm³/mol. The minimum Gasteiger partial charge on any atom is -0.481 e. The highest BCUT2D eigenvalue weighted by molar-refractivity contribution is 6.30. The molecule has 0 saturated heterocycles. The summed E-state index contributed by atoms with van der Waals surface area (Å²) in [7, 11) is 0. The van der Waals surface area contributed by atoms with Gasteiger partial charge in [-0.05, 0) is 29.8 Å². The molecule has 0 aliphatic rings. The monoisotopic (exact) mass is 330 g/mol. The third kappa shape index (κ3) is 5.23. The molecule has 2 aromatic rings. The molecule has 0 aromatic heterocycles. The van der Waals surface area contributed by atoms with Crippen LogP contribution in [0.15, 0.2) is 59.7 Å². The summed E-state index contributed by atoms with van der Waals surface area (Å²) in [6.45, 7) is 0. The number of halogens is 1. The zero-order chi connectivity index (χ0) is 16.7. The number of nitrogens with zero attached hydrogens (tertiary/aromatic N) is 1. The number of hydrogen-bond donors (Lipinski definition) is 2. The maximum atomic E-state index is 12.1. The van der Waals surface area contributed by atoms with E-state index in [2.05, 4.69) is 10.5 Å². The standard InChI is InChI=1S/C17H15ClN2O3/c18-14-8-6-13(7-9-14)17(23)20-19-15(10-11-16(21)22)12-4-2-1-3-5-12/h1-9H,10-11H2,(H,20,23)(H,21,22)/b19-15-. The van der Waals surface area contributed by atoms with Crippen molar-refractivity contribution in [2.24, 2.45) is 5.10 Å². The van der Waals surface area contributed by atoms with Crippen molar-refractivity contribution < 1.29 is 14.7 Å². The molecule has 0 aliphatic carbocycles. The Labute approximate surface area is 138 Å². The van der Waals surface area contributed by atoms with Crippen molar-refractivity contribution >= 4 is 29.2 Å². The quantitative estimate of drug-likeness (QED) is 0.629. The molecule has 5 nitrogen and oxygen atoms in total. The number of aliphatic carboxylic acids is 1. The van der Waals surface area contributed by atoms with Gasteiger partial charge in [-0.15, -0.1) is 0 Å². The highest BCUT2D eigenvalue weighted by Gasteiger charge is 2.09. The number of rotatable bonds is 6. The average molecular weight is 331 g/mol. The van der Waals surface area contributed by atoms with E-state index in [0.29, 0.717) is 16.3 Å². The van der Waals surface area contributed by atoms with Gasteiger partial charge in [0.25, 0.3) is 5.91 Å². The van der Waals surface area contributed by atoms with Gasteiger partial charge in [-0.1, -0.05) is 41.9 Å². The number of carbonyl (C=O) groups is 2. The molecule has 0 bridgehead atoms. The van der Waals surface area contributed by atoms with Gasteiger partial charge in [0.2, 0.25) is 0 Å². The molecule has 2 N–H and O–H groups in total. The molecule has 1 amide bonds. The number of hydrazone groups is 1. The second-order valence-electron chi connectivity index (χ2n) is 4.77. The van der Waals surface area contributed by atoms with Crippen molar-refractivity contribution in [3.8, 4) is 0 Å². The maximum absolute atomic E-state index is 12.1. The van der Waals surface area contributed by atoms with Crippen molar-refractivity contribution in [3.63, 3.8) is 0 Å². The van der Waals surface area contributed by atoms with Crippen molar-refractivity contribution in [2.45, 2.75) is 12.8 Å². The maximum Gasteiger partial charge on any atom is 0.303 e. The van der Waals surface area contributed by atoms with Crippen LogP contribution in [0.2, 0.25) is 5.02 Å². The molecule has 23 heavy (non-hydrogen) atoms. The van der Waals surface area contributed by atoms with Crippen LogP contribution in [0.25, 0.3) is 0 Å². The molecule has 0 heterocycles. The molecule has 2 aromatic carbocycles. The first-order valence-electron chi connectivity index (χ1n) is 6.96. The number of benzene rings is 2. The summed E-state index contributed by atoms with van der Waals surface area (Å²) in [6.07, 6.45) is 0.158. The smallest absolute Gasteiger partial charge is 0.303 e. The van der Waals surface area contributed by atoms with E-state index in [1.165, 1.54) is 0 Å². The molecule has 0 aliphatic heterocycles. The van der Waals surface area contributed by atoms with Crippen molar-refractivity contribution in [1.29, 1.82) is 0 Å². The number of nitrogens with one attached hydrogen (secondary N) is 1. The van der Waals surface area contributed by atoms with Gasteiger partial charge in [0.15, 0.2) is 0 Å². The topological polar surface area (TPSA) is 78.8 Å². The van der Waals surface area contributed by atoms with E-state index in [0.717, 1.165) is 5.56 Å². The van der Waals surface area contributed by atoms with Crippen LogP contribution in [0.4, 0.5) is 0 Å². The fourth-order valence-corrected chi connectivity index (χ4v) is 2.03. The molecule has 0 radical (unpaired) electrons. The Morgan fingerprint density at radius 2 is 1.61 bits per heavy atom. The van der Waals surface area contributed by atoms with Crippen LogP contribution in [-0.2, 0) is 4.79 Å². The summed E-state index contributed by atoms with van der Waals surface area (Å²) in [6, 6.07) is 15.5. The first-order chi connectivity index (χ1) is 11.1. The molecule has 2 rings (SSSR count). The first kappa shape index (κ1) is 16.7. The van der Waals surface area contributed by atoms with E-state index < -0.39 is 5.97 Å². The summed E-state index contributed by atoms with van der Waals surface area (Å²) >= 11 is 5.78. The average Bonchev–Trinajstić information content (AvgIpc) is 2.56. The lowest BCUT2D eigenvalue weighted by molar-refractivity contribution is -0.136. The Morgan fingerprint density at radius 1 is 0.957 bits per heavy atom. The summed E-state index contributed by atoms with van der Waals surface area (Å²) in [5.74, 6) is -1.30. The number of carbonyl (C=O) groups excluding carboxylic acids is 1. The van der Waals surface area contributed by atoms with Crippen LogP contribution < -0.4 is 5.43 Å². The summed E-state index contributed by atoms with van der Waals surface area (Å²) in [5, 5.41) is 13.5. The molecular formula is C17H15ClN2O3. The van der Waals surface area contributed by atoms with Crippen molar-refractivity contribution in [3.05, 3.63) is 70.7 Å². The van der Waals surface area contributed by atoms with Gasteiger partial charge >= 0.3 is 5.97 Å². The Balaban J connectivity index is 2.14. The summed E-state index contributed by atoms with van der Waals surface area (Å²) < 4.78 is 0. The molecule has 0 spiro atoms. The van der Waals surface area contributed by atoms with Crippen LogP contribution in [-0.4, -0.2) is 22.7 Å². The fraction of sp³-hybridized carbons (Fsp3) is 0.118. The second-order valence-corrected chi connectivity index (χ2v) is 5.20. The van der Waals surface area contributed by atoms with Gasteiger partial charge in [0.05, 0.1) is 12.1 Å². The normalized spacial score (nSPS) is 11.1. The molecule has 0 atom stereocenters. The zero-order valence-corrected chi connectivity index (χ0v) is 13.0. The third-order valence-corrected chi connectivity index (χ3v) is 3.33. The Morgan fingerprint density at radius 3 is 2.22 bits per heavy atom. The van der Waals surface area contributed by atoms with E-state index >= 15 is 0 Å². The highest BCUT2D eigenvalue weighted by Crippen LogP contribution is 2.10. The van der Waals surface area contributed by atoms with E-state index in [9.17, 15) is 9.59 Å². The van der Waals surface area contributed by atoms with Crippen molar-refractivity contribution in [1.82, 2.24) is 5.43 Å². The first-order valence-corrected chi connectivity index (χ1v) is 7.34. The van der Waals surface area contributed by atoms with E-state index in [1.807, 2.05) is 30.3 Å². The van der Waals surface area contributed by atoms with Gasteiger partial charge in [0.1, 0.15) is 0 Å². The zero-order valence-electron chi connectivity index (χ0n) is 12.2. The van der Waals surface area contributed by atoms with Crippen LogP contribution >= 0.6 is 11.6 Å². The molecule has 0 unspecified atom stereocenters. The predicted octanol–water partition coefficient (Wildman–Crippen LogP) is 3.34. The lowest BCUT2D eigenvalue weighted by Crippen LogP contribution is -2.20. The van der Waals surface area contributed by atoms with Gasteiger partial charge in [-0.2, -0.15) is 5.10 Å². The SMILES string of the molecule is O=C(O)CC/C(=N/NC(=O)c1ccc(Cl)cc1)c1ccccc1. The van der Waals surface area contributed by atoms with Gasteiger partial charge in [0, 0.05) is 17.0 Å². The van der Waals surface area contributed by atoms with Gasteiger partial charge in [-0.3, -0.25) is 9.59 Å². The molecule has 118 valence electrons. The third-order valence-electron chi connectivity index (χ3n) is 3.08. The van der Waals surface area contributed by atoms with E-state index in [4.69, 9.17) is 16.7 Å². The second kappa shape index (κ2) is 8.10. The van der Waals surface area contributed by atoms with Crippen LogP contribution in [0, 0.1) is 0 Å². The van der Waals surface area contributed by atoms with E-state index in [-0.39, 0.29) is 18.7 Å². The number of hydrogen-bond acceptors (Lipinski definition) is 3. The van der Waals surface area contributed by atoms with Gasteiger partial charge in [-0.25, -0.2) is 5.43 Å². The lowest BCUT2D eigenvalue weighted by Gasteiger charge is -2.06. The summed E-state index contributed by atoms with van der Waals surface area (Å²) in [4.78, 5) is 22.8. The summed E-state index contributed by atoms with van der Waals surface area (Å²) in [5.41, 5.74) is 4.15. The fourth-order valence-electron chi connectivity index (χ4n) is 1.90. The van der Waals surface area contributed by atoms with Crippen LogP contribution in [0.3, 0.4) is 0 Å². The number of carboxylic acid groups (broad SMARTS) is 1. The van der Waals surface area contributed by atoms with Crippen LogP contribution in [0.1, 0.15) is 28.8 Å².